The Hall–Kier alpha value is -2.27. The SMILES string of the molecule is N#Cc1ccc(Br)cc1N1CCN(C(=O)[C@H]2CC2C2=CCC(C(F)(F)F)C=C2)CC1. The highest BCUT2D eigenvalue weighted by atomic mass is 79.9. The summed E-state index contributed by atoms with van der Waals surface area (Å²) < 4.78 is 39.3. The standard InChI is InChI=1S/C22H21BrF3N3O/c23-17-6-3-15(13-27)20(11-17)28-7-9-29(10-8-28)21(30)19-12-18(19)14-1-4-16(5-2-14)22(24,25)26/h1-4,6,11,16,18-19H,5,7-10,12H2/t16?,18?,19-/m0/s1. The third-order valence-electron chi connectivity index (χ3n) is 6.10. The average Bonchev–Trinajstić information content (AvgIpc) is 3.54. The molecule has 1 aromatic rings. The third-order valence-corrected chi connectivity index (χ3v) is 6.59. The number of amides is 1. The van der Waals surface area contributed by atoms with Gasteiger partial charge >= 0.3 is 6.18 Å². The van der Waals surface area contributed by atoms with E-state index in [1.165, 1.54) is 6.08 Å². The van der Waals surface area contributed by atoms with Crippen LogP contribution in [0.15, 0.2) is 46.5 Å². The first kappa shape index (κ1) is 21.0. The Labute approximate surface area is 181 Å². The largest absolute Gasteiger partial charge is 0.395 e. The van der Waals surface area contributed by atoms with Gasteiger partial charge in [-0.05, 0) is 42.5 Å². The smallest absolute Gasteiger partial charge is 0.367 e. The molecular weight excluding hydrogens is 459 g/mol. The molecule has 1 saturated heterocycles. The molecule has 4 nitrogen and oxygen atoms in total. The number of benzene rings is 1. The molecule has 2 fully saturated rings. The van der Waals surface area contributed by atoms with E-state index in [9.17, 15) is 23.2 Å². The topological polar surface area (TPSA) is 47.3 Å². The van der Waals surface area contributed by atoms with Crippen LogP contribution in [0.4, 0.5) is 18.9 Å². The van der Waals surface area contributed by atoms with Gasteiger partial charge in [-0.15, -0.1) is 0 Å². The molecule has 1 heterocycles. The van der Waals surface area contributed by atoms with Crippen molar-refractivity contribution in [2.75, 3.05) is 31.1 Å². The number of piperazine rings is 1. The normalized spacial score (nSPS) is 26.2. The first-order chi connectivity index (χ1) is 14.3. The lowest BCUT2D eigenvalue weighted by Gasteiger charge is -2.36. The van der Waals surface area contributed by atoms with Crippen LogP contribution in [-0.2, 0) is 4.79 Å². The van der Waals surface area contributed by atoms with Crippen LogP contribution in [0.3, 0.4) is 0 Å². The van der Waals surface area contributed by atoms with E-state index in [0.717, 1.165) is 15.7 Å². The fourth-order valence-electron chi connectivity index (χ4n) is 4.25. The molecule has 4 rings (SSSR count). The van der Waals surface area contributed by atoms with Crippen LogP contribution >= 0.6 is 15.9 Å². The number of nitrogens with zero attached hydrogens (tertiary/aromatic N) is 3. The van der Waals surface area contributed by atoms with Crippen molar-refractivity contribution in [2.45, 2.75) is 19.0 Å². The molecule has 2 unspecified atom stereocenters. The quantitative estimate of drug-likeness (QED) is 0.632. The molecule has 0 aromatic heterocycles. The number of hydrogen-bond acceptors (Lipinski definition) is 3. The van der Waals surface area contributed by atoms with E-state index >= 15 is 0 Å². The number of carbonyl (C=O) groups excluding carboxylic acids is 1. The Bertz CT molecular complexity index is 942. The highest BCUT2D eigenvalue weighted by molar-refractivity contribution is 9.10. The van der Waals surface area contributed by atoms with Crippen molar-refractivity contribution in [3.05, 3.63) is 52.0 Å². The summed E-state index contributed by atoms with van der Waals surface area (Å²) in [4.78, 5) is 16.8. The number of alkyl halides is 3. The van der Waals surface area contributed by atoms with Gasteiger partial charge in [0.25, 0.3) is 0 Å². The zero-order valence-corrected chi connectivity index (χ0v) is 17.8. The van der Waals surface area contributed by atoms with Gasteiger partial charge in [0.05, 0.1) is 17.2 Å². The van der Waals surface area contributed by atoms with E-state index in [-0.39, 0.29) is 24.2 Å². The van der Waals surface area contributed by atoms with E-state index in [2.05, 4.69) is 26.9 Å². The Morgan fingerprint density at radius 1 is 1.20 bits per heavy atom. The van der Waals surface area contributed by atoms with Gasteiger partial charge in [-0.2, -0.15) is 18.4 Å². The minimum atomic E-state index is -4.21. The summed E-state index contributed by atoms with van der Waals surface area (Å²) in [5.41, 5.74) is 2.33. The van der Waals surface area contributed by atoms with Gasteiger partial charge in [0, 0.05) is 36.6 Å². The van der Waals surface area contributed by atoms with Crippen molar-refractivity contribution in [3.63, 3.8) is 0 Å². The summed E-state index contributed by atoms with van der Waals surface area (Å²) in [6.45, 7) is 2.43. The highest BCUT2D eigenvalue weighted by Crippen LogP contribution is 2.48. The molecule has 3 aliphatic rings. The number of allylic oxidation sites excluding steroid dienone is 4. The summed E-state index contributed by atoms with van der Waals surface area (Å²) in [7, 11) is 0. The van der Waals surface area contributed by atoms with Gasteiger partial charge < -0.3 is 9.80 Å². The van der Waals surface area contributed by atoms with Gasteiger partial charge in [-0.25, -0.2) is 0 Å². The molecule has 8 heteroatoms. The van der Waals surface area contributed by atoms with Gasteiger partial charge in [-0.1, -0.05) is 34.2 Å². The molecule has 3 atom stereocenters. The predicted molar refractivity (Wildman–Crippen MR) is 111 cm³/mol. The summed E-state index contributed by atoms with van der Waals surface area (Å²) in [5.74, 6) is -1.42. The second-order valence-corrected chi connectivity index (χ2v) is 8.90. The fraction of sp³-hybridized carbons (Fsp3) is 0.455. The Morgan fingerprint density at radius 3 is 2.53 bits per heavy atom. The lowest BCUT2D eigenvalue weighted by molar-refractivity contribution is -0.160. The number of rotatable bonds is 3. The maximum atomic E-state index is 12.9. The highest BCUT2D eigenvalue weighted by Gasteiger charge is 2.47. The van der Waals surface area contributed by atoms with Crippen LogP contribution in [0.25, 0.3) is 0 Å². The molecule has 30 heavy (non-hydrogen) atoms. The lowest BCUT2D eigenvalue weighted by Crippen LogP contribution is -2.49. The van der Waals surface area contributed by atoms with Gasteiger partial charge in [0.1, 0.15) is 6.07 Å². The number of carbonyl (C=O) groups is 1. The maximum Gasteiger partial charge on any atom is 0.395 e. The zero-order valence-electron chi connectivity index (χ0n) is 16.2. The fourth-order valence-corrected chi connectivity index (χ4v) is 4.60. The molecule has 0 N–H and O–H groups in total. The van der Waals surface area contributed by atoms with Gasteiger partial charge in [0.2, 0.25) is 5.91 Å². The van der Waals surface area contributed by atoms with E-state index < -0.39 is 12.1 Å². The molecule has 1 aliphatic heterocycles. The van der Waals surface area contributed by atoms with Crippen molar-refractivity contribution in [1.82, 2.24) is 4.90 Å². The third kappa shape index (κ3) is 4.27. The predicted octanol–water partition coefficient (Wildman–Crippen LogP) is 4.67. The van der Waals surface area contributed by atoms with E-state index in [0.29, 0.717) is 38.2 Å². The van der Waals surface area contributed by atoms with Gasteiger partial charge in [0.15, 0.2) is 0 Å². The number of nitriles is 1. The van der Waals surface area contributed by atoms with E-state index in [1.807, 2.05) is 17.0 Å². The van der Waals surface area contributed by atoms with Crippen LogP contribution in [0, 0.1) is 29.1 Å². The summed E-state index contributed by atoms with van der Waals surface area (Å²) in [5, 5.41) is 9.35. The van der Waals surface area contributed by atoms with Crippen LogP contribution in [0.5, 0.6) is 0 Å². The Balaban J connectivity index is 1.32. The lowest BCUT2D eigenvalue weighted by atomic mass is 9.93. The number of hydrogen-bond donors (Lipinski definition) is 0. The second kappa shape index (κ2) is 8.10. The number of anilines is 1. The molecule has 2 aliphatic carbocycles. The molecule has 0 spiro atoms. The second-order valence-electron chi connectivity index (χ2n) is 7.98. The van der Waals surface area contributed by atoms with Crippen LogP contribution in [0.1, 0.15) is 18.4 Å². The summed E-state index contributed by atoms with van der Waals surface area (Å²) in [6, 6.07) is 7.74. The van der Waals surface area contributed by atoms with Crippen molar-refractivity contribution in [3.8, 4) is 6.07 Å². The minimum Gasteiger partial charge on any atom is -0.367 e. The van der Waals surface area contributed by atoms with Crippen LogP contribution in [-0.4, -0.2) is 43.2 Å². The van der Waals surface area contributed by atoms with E-state index in [1.54, 1.807) is 18.2 Å². The monoisotopic (exact) mass is 479 g/mol. The van der Waals surface area contributed by atoms with Crippen LogP contribution in [0.2, 0.25) is 0 Å². The Morgan fingerprint density at radius 2 is 1.93 bits per heavy atom. The molecule has 158 valence electrons. The summed E-state index contributed by atoms with van der Waals surface area (Å²) in [6.07, 6.45) is 0.865. The van der Waals surface area contributed by atoms with Crippen molar-refractivity contribution in [2.24, 2.45) is 17.8 Å². The molecule has 1 saturated carbocycles. The van der Waals surface area contributed by atoms with Crippen molar-refractivity contribution < 1.29 is 18.0 Å². The molecule has 1 aromatic carbocycles. The molecular formula is C22H21BrF3N3O. The zero-order chi connectivity index (χ0) is 21.5. The molecule has 0 bridgehead atoms. The maximum absolute atomic E-state index is 12.9. The first-order valence-corrected chi connectivity index (χ1v) is 10.8. The average molecular weight is 480 g/mol. The van der Waals surface area contributed by atoms with Crippen LogP contribution < -0.4 is 4.90 Å². The first-order valence-electron chi connectivity index (χ1n) is 9.96. The van der Waals surface area contributed by atoms with Crippen molar-refractivity contribution in [1.29, 1.82) is 5.26 Å². The van der Waals surface area contributed by atoms with Crippen molar-refractivity contribution >= 4 is 27.5 Å². The minimum absolute atomic E-state index is 0.0382. The molecule has 0 radical (unpaired) electrons. The molecule has 1 amide bonds. The van der Waals surface area contributed by atoms with E-state index in [4.69, 9.17) is 0 Å². The van der Waals surface area contributed by atoms with Gasteiger partial charge in [-0.3, -0.25) is 4.79 Å². The Kier molecular flexibility index (Phi) is 5.67. The summed E-state index contributed by atoms with van der Waals surface area (Å²) >= 11 is 3.44. The number of halogens is 4.